The van der Waals surface area contributed by atoms with Crippen LogP contribution in [-0.2, 0) is 0 Å². The number of carbonyl (C=O) groups excluding carboxylic acids is 1. The lowest BCUT2D eigenvalue weighted by atomic mass is 10.2. The Labute approximate surface area is 156 Å². The Balaban J connectivity index is 1.35. The molecule has 1 fully saturated rings. The molecule has 0 aromatic carbocycles. The minimum absolute atomic E-state index is 0.0732. The van der Waals surface area contributed by atoms with Crippen LogP contribution in [-0.4, -0.2) is 52.2 Å². The molecule has 4 rings (SSSR count). The van der Waals surface area contributed by atoms with Crippen LogP contribution in [0, 0.1) is 6.92 Å². The van der Waals surface area contributed by atoms with Gasteiger partial charge in [0.05, 0.1) is 6.26 Å². The number of piperazine rings is 1. The monoisotopic (exact) mass is 364 g/mol. The Hall–Kier alpha value is -3.42. The van der Waals surface area contributed by atoms with Gasteiger partial charge in [0.1, 0.15) is 5.82 Å². The predicted molar refractivity (Wildman–Crippen MR) is 101 cm³/mol. The Kier molecular flexibility index (Phi) is 4.69. The summed E-state index contributed by atoms with van der Waals surface area (Å²) in [6.07, 6.45) is 3.27. The molecule has 1 amide bonds. The predicted octanol–water partition coefficient (Wildman–Crippen LogP) is 2.48. The molecular formula is C19H20N6O2. The third-order valence-electron chi connectivity index (χ3n) is 4.44. The minimum Gasteiger partial charge on any atom is -0.459 e. The summed E-state index contributed by atoms with van der Waals surface area (Å²) in [7, 11) is 0. The van der Waals surface area contributed by atoms with Crippen molar-refractivity contribution in [2.75, 3.05) is 36.4 Å². The average molecular weight is 364 g/mol. The highest BCUT2D eigenvalue weighted by atomic mass is 16.3. The lowest BCUT2D eigenvalue weighted by Crippen LogP contribution is -2.49. The molecule has 0 saturated carbocycles. The van der Waals surface area contributed by atoms with E-state index in [0.717, 1.165) is 17.2 Å². The number of furan rings is 1. The lowest BCUT2D eigenvalue weighted by Gasteiger charge is -2.34. The van der Waals surface area contributed by atoms with Crippen LogP contribution in [0.5, 0.6) is 0 Å². The van der Waals surface area contributed by atoms with Crippen LogP contribution >= 0.6 is 0 Å². The van der Waals surface area contributed by atoms with E-state index < -0.39 is 0 Å². The van der Waals surface area contributed by atoms with Crippen LogP contribution in [0.3, 0.4) is 0 Å². The van der Waals surface area contributed by atoms with Crippen molar-refractivity contribution in [2.45, 2.75) is 6.92 Å². The van der Waals surface area contributed by atoms with Crippen molar-refractivity contribution in [2.24, 2.45) is 0 Å². The molecule has 0 unspecified atom stereocenters. The van der Waals surface area contributed by atoms with Gasteiger partial charge < -0.3 is 19.5 Å². The largest absolute Gasteiger partial charge is 0.459 e. The molecule has 0 aliphatic carbocycles. The molecule has 27 heavy (non-hydrogen) atoms. The molecular weight excluding hydrogens is 344 g/mol. The molecule has 3 aromatic heterocycles. The van der Waals surface area contributed by atoms with Crippen LogP contribution < -0.4 is 10.2 Å². The Bertz CT molecular complexity index is 902. The zero-order valence-electron chi connectivity index (χ0n) is 15.0. The van der Waals surface area contributed by atoms with Crippen molar-refractivity contribution in [3.05, 3.63) is 60.2 Å². The van der Waals surface area contributed by atoms with Gasteiger partial charge in [-0.25, -0.2) is 4.98 Å². The van der Waals surface area contributed by atoms with Crippen molar-refractivity contribution >= 4 is 23.4 Å². The van der Waals surface area contributed by atoms with E-state index in [0.29, 0.717) is 37.8 Å². The first kappa shape index (κ1) is 17.0. The van der Waals surface area contributed by atoms with E-state index >= 15 is 0 Å². The number of anilines is 3. The summed E-state index contributed by atoms with van der Waals surface area (Å²) in [5.41, 5.74) is 1.12. The summed E-state index contributed by atoms with van der Waals surface area (Å²) >= 11 is 0. The molecule has 1 aliphatic heterocycles. The molecule has 138 valence electrons. The molecule has 1 N–H and O–H groups in total. The second-order valence-corrected chi connectivity index (χ2v) is 6.38. The molecule has 0 spiro atoms. The van der Waals surface area contributed by atoms with E-state index in [9.17, 15) is 4.79 Å². The van der Waals surface area contributed by atoms with Gasteiger partial charge in [-0.2, -0.15) is 0 Å². The number of nitrogens with zero attached hydrogens (tertiary/aromatic N) is 5. The number of nitrogens with one attached hydrogen (secondary N) is 1. The fraction of sp³-hybridized carbons (Fsp3) is 0.263. The summed E-state index contributed by atoms with van der Waals surface area (Å²) in [6, 6.07) is 11.1. The second kappa shape index (κ2) is 7.45. The Morgan fingerprint density at radius 1 is 1.07 bits per heavy atom. The van der Waals surface area contributed by atoms with Gasteiger partial charge in [-0.1, -0.05) is 0 Å². The van der Waals surface area contributed by atoms with Crippen LogP contribution in [0.1, 0.15) is 16.1 Å². The quantitative estimate of drug-likeness (QED) is 0.761. The number of hydrogen-bond acceptors (Lipinski definition) is 7. The number of pyridine rings is 1. The Morgan fingerprint density at radius 3 is 2.59 bits per heavy atom. The molecule has 1 saturated heterocycles. The van der Waals surface area contributed by atoms with Crippen molar-refractivity contribution in [3.63, 3.8) is 0 Å². The summed E-state index contributed by atoms with van der Waals surface area (Å²) in [4.78, 5) is 20.5. The molecule has 8 nitrogen and oxygen atoms in total. The zero-order chi connectivity index (χ0) is 18.6. The third kappa shape index (κ3) is 3.89. The first-order chi connectivity index (χ1) is 13.2. The first-order valence-electron chi connectivity index (χ1n) is 8.80. The van der Waals surface area contributed by atoms with E-state index in [-0.39, 0.29) is 5.91 Å². The Morgan fingerprint density at radius 2 is 1.93 bits per heavy atom. The van der Waals surface area contributed by atoms with E-state index in [1.54, 1.807) is 23.2 Å². The highest BCUT2D eigenvalue weighted by molar-refractivity contribution is 5.91. The second-order valence-electron chi connectivity index (χ2n) is 6.38. The van der Waals surface area contributed by atoms with Gasteiger partial charge in [0.25, 0.3) is 5.91 Å². The highest BCUT2D eigenvalue weighted by Gasteiger charge is 2.24. The van der Waals surface area contributed by atoms with E-state index in [1.165, 1.54) is 6.26 Å². The average Bonchev–Trinajstić information content (AvgIpc) is 3.23. The summed E-state index contributed by atoms with van der Waals surface area (Å²) < 4.78 is 5.19. The van der Waals surface area contributed by atoms with Crippen LogP contribution in [0.15, 0.2) is 53.3 Å². The fourth-order valence-electron chi connectivity index (χ4n) is 2.99. The minimum atomic E-state index is -0.0732. The number of amides is 1. The van der Waals surface area contributed by atoms with E-state index in [4.69, 9.17) is 4.42 Å². The van der Waals surface area contributed by atoms with Crippen molar-refractivity contribution in [1.82, 2.24) is 20.1 Å². The van der Waals surface area contributed by atoms with Crippen LogP contribution in [0.2, 0.25) is 0 Å². The van der Waals surface area contributed by atoms with Gasteiger partial charge in [-0.3, -0.25) is 4.79 Å². The molecule has 0 atom stereocenters. The smallest absolute Gasteiger partial charge is 0.289 e. The lowest BCUT2D eigenvalue weighted by molar-refractivity contribution is 0.0714. The molecule has 0 bridgehead atoms. The topological polar surface area (TPSA) is 87.4 Å². The molecule has 4 heterocycles. The molecule has 0 radical (unpaired) electrons. The standard InChI is InChI=1S/C19H20N6O2/c1-14-6-7-20-17(13-14)21-16-4-5-18(23-22-16)24-8-10-25(11-9-24)19(26)15-3-2-12-27-15/h2-7,12-13H,8-11H2,1H3,(H,20,21,22). The number of aromatic nitrogens is 3. The van der Waals surface area contributed by atoms with Crippen LogP contribution in [0.25, 0.3) is 0 Å². The van der Waals surface area contributed by atoms with E-state index in [2.05, 4.69) is 25.4 Å². The normalized spacial score (nSPS) is 14.3. The summed E-state index contributed by atoms with van der Waals surface area (Å²) in [6.45, 7) is 4.65. The van der Waals surface area contributed by atoms with Crippen molar-refractivity contribution < 1.29 is 9.21 Å². The fourth-order valence-corrected chi connectivity index (χ4v) is 2.99. The maximum absolute atomic E-state index is 12.3. The highest BCUT2D eigenvalue weighted by Crippen LogP contribution is 2.18. The third-order valence-corrected chi connectivity index (χ3v) is 4.44. The van der Waals surface area contributed by atoms with Gasteiger partial charge in [0.15, 0.2) is 17.4 Å². The van der Waals surface area contributed by atoms with Gasteiger partial charge in [0.2, 0.25) is 0 Å². The maximum Gasteiger partial charge on any atom is 0.289 e. The maximum atomic E-state index is 12.3. The van der Waals surface area contributed by atoms with Crippen molar-refractivity contribution in [3.8, 4) is 0 Å². The number of hydrogen-bond donors (Lipinski definition) is 1. The van der Waals surface area contributed by atoms with Gasteiger partial charge in [-0.15, -0.1) is 10.2 Å². The van der Waals surface area contributed by atoms with Crippen LogP contribution in [0.4, 0.5) is 17.5 Å². The molecule has 8 heteroatoms. The SMILES string of the molecule is Cc1ccnc(Nc2ccc(N3CCN(C(=O)c4ccco4)CC3)nn2)c1. The van der Waals surface area contributed by atoms with Gasteiger partial charge >= 0.3 is 0 Å². The van der Waals surface area contributed by atoms with E-state index in [1.807, 2.05) is 31.2 Å². The molecule has 1 aliphatic rings. The summed E-state index contributed by atoms with van der Waals surface area (Å²) in [5.74, 6) is 2.48. The van der Waals surface area contributed by atoms with Crippen molar-refractivity contribution in [1.29, 1.82) is 0 Å². The number of aryl methyl sites for hydroxylation is 1. The summed E-state index contributed by atoms with van der Waals surface area (Å²) in [5, 5.41) is 11.7. The number of carbonyl (C=O) groups is 1. The van der Waals surface area contributed by atoms with Gasteiger partial charge in [0, 0.05) is 32.4 Å². The zero-order valence-corrected chi connectivity index (χ0v) is 15.0. The first-order valence-corrected chi connectivity index (χ1v) is 8.80. The van der Waals surface area contributed by atoms with Gasteiger partial charge in [-0.05, 0) is 48.9 Å². The number of rotatable bonds is 4. The molecule has 3 aromatic rings.